The number of amides is 1. The smallest absolute Gasteiger partial charge is 0.245 e. The first-order chi connectivity index (χ1) is 6.97. The molecule has 1 aromatic rings. The van der Waals surface area contributed by atoms with Crippen LogP contribution in [0.4, 0.5) is 5.82 Å². The molecule has 1 aromatic heterocycles. The van der Waals surface area contributed by atoms with E-state index in [9.17, 15) is 9.90 Å². The number of hydrogen-bond donors (Lipinski definition) is 3. The van der Waals surface area contributed by atoms with Gasteiger partial charge in [0.2, 0.25) is 5.91 Å². The van der Waals surface area contributed by atoms with E-state index >= 15 is 0 Å². The number of rotatable bonds is 3. The fourth-order valence-electron chi connectivity index (χ4n) is 0.904. The van der Waals surface area contributed by atoms with Gasteiger partial charge in [-0.3, -0.25) is 4.79 Å². The molecule has 0 aromatic carbocycles. The van der Waals surface area contributed by atoms with Crippen molar-refractivity contribution in [3.05, 3.63) is 18.3 Å². The van der Waals surface area contributed by atoms with E-state index in [0.29, 0.717) is 6.42 Å². The van der Waals surface area contributed by atoms with E-state index in [1.54, 1.807) is 13.0 Å². The Morgan fingerprint density at radius 1 is 1.73 bits per heavy atom. The van der Waals surface area contributed by atoms with Gasteiger partial charge in [0.05, 0.1) is 5.54 Å². The molecule has 15 heavy (non-hydrogen) atoms. The standard InChI is InChI=1S/C10H15N3O2/c1-3-10(2,11)9(15)13-8-7(14)5-4-6-12-8/h4-6,14H,3,11H2,1-2H3,(H,12,13,15). The number of anilines is 1. The fraction of sp³-hybridized carbons (Fsp3) is 0.400. The summed E-state index contributed by atoms with van der Waals surface area (Å²) in [6.07, 6.45) is 1.99. The third kappa shape index (κ3) is 2.66. The van der Waals surface area contributed by atoms with Crippen molar-refractivity contribution in [2.75, 3.05) is 5.32 Å². The van der Waals surface area contributed by atoms with Crippen LogP contribution in [0, 0.1) is 0 Å². The van der Waals surface area contributed by atoms with Gasteiger partial charge in [-0.15, -0.1) is 0 Å². The first-order valence-corrected chi connectivity index (χ1v) is 4.71. The van der Waals surface area contributed by atoms with Crippen molar-refractivity contribution in [2.45, 2.75) is 25.8 Å². The summed E-state index contributed by atoms with van der Waals surface area (Å²) >= 11 is 0. The molecule has 0 saturated heterocycles. The Morgan fingerprint density at radius 2 is 2.40 bits per heavy atom. The summed E-state index contributed by atoms with van der Waals surface area (Å²) in [4.78, 5) is 15.5. The monoisotopic (exact) mass is 209 g/mol. The topological polar surface area (TPSA) is 88.2 Å². The number of aromatic nitrogens is 1. The molecule has 1 atom stereocenters. The minimum atomic E-state index is -0.954. The van der Waals surface area contributed by atoms with Crippen LogP contribution in [-0.2, 0) is 4.79 Å². The first kappa shape index (κ1) is 11.5. The van der Waals surface area contributed by atoms with E-state index in [1.165, 1.54) is 12.3 Å². The minimum absolute atomic E-state index is 0.0715. The van der Waals surface area contributed by atoms with Crippen LogP contribution < -0.4 is 11.1 Å². The average Bonchev–Trinajstić information content (AvgIpc) is 2.21. The SMILES string of the molecule is CCC(C)(N)C(=O)Nc1ncccc1O. The van der Waals surface area contributed by atoms with Crippen LogP contribution in [0.3, 0.4) is 0 Å². The van der Waals surface area contributed by atoms with E-state index in [2.05, 4.69) is 10.3 Å². The molecule has 4 N–H and O–H groups in total. The van der Waals surface area contributed by atoms with Gasteiger partial charge < -0.3 is 16.2 Å². The zero-order valence-electron chi connectivity index (χ0n) is 8.82. The summed E-state index contributed by atoms with van der Waals surface area (Å²) in [5.41, 5.74) is 4.78. The molecule has 0 aliphatic heterocycles. The lowest BCUT2D eigenvalue weighted by molar-refractivity contribution is -0.120. The summed E-state index contributed by atoms with van der Waals surface area (Å²) in [5.74, 6) is -0.302. The molecule has 1 amide bonds. The van der Waals surface area contributed by atoms with Crippen molar-refractivity contribution < 1.29 is 9.90 Å². The molecule has 5 nitrogen and oxygen atoms in total. The van der Waals surface area contributed by atoms with Gasteiger partial charge in [-0.05, 0) is 25.5 Å². The Labute approximate surface area is 88.3 Å². The Morgan fingerprint density at radius 3 is 2.93 bits per heavy atom. The van der Waals surface area contributed by atoms with Gasteiger partial charge in [0.25, 0.3) is 0 Å². The summed E-state index contributed by atoms with van der Waals surface area (Å²) in [7, 11) is 0. The molecule has 0 radical (unpaired) electrons. The summed E-state index contributed by atoms with van der Waals surface area (Å²) in [6.45, 7) is 3.44. The second-order valence-electron chi connectivity index (χ2n) is 3.60. The predicted octanol–water partition coefficient (Wildman–Crippen LogP) is 0.853. The highest BCUT2D eigenvalue weighted by molar-refractivity contribution is 5.97. The number of carbonyl (C=O) groups is 1. The zero-order chi connectivity index (χ0) is 11.5. The molecule has 1 heterocycles. The number of hydrogen-bond acceptors (Lipinski definition) is 4. The zero-order valence-corrected chi connectivity index (χ0v) is 8.82. The lowest BCUT2D eigenvalue weighted by Crippen LogP contribution is -2.47. The molecule has 5 heteroatoms. The number of nitrogens with one attached hydrogen (secondary N) is 1. The second-order valence-corrected chi connectivity index (χ2v) is 3.60. The van der Waals surface area contributed by atoms with Crippen molar-refractivity contribution in [1.82, 2.24) is 4.98 Å². The molecule has 1 unspecified atom stereocenters. The van der Waals surface area contributed by atoms with E-state index in [-0.39, 0.29) is 17.5 Å². The number of nitrogens with two attached hydrogens (primary N) is 1. The van der Waals surface area contributed by atoms with Crippen molar-refractivity contribution >= 4 is 11.7 Å². The van der Waals surface area contributed by atoms with E-state index in [4.69, 9.17) is 5.73 Å². The van der Waals surface area contributed by atoms with Crippen LogP contribution in [0.25, 0.3) is 0 Å². The van der Waals surface area contributed by atoms with Gasteiger partial charge in [0.15, 0.2) is 11.6 Å². The van der Waals surface area contributed by atoms with Crippen molar-refractivity contribution in [1.29, 1.82) is 0 Å². The number of carbonyl (C=O) groups excluding carboxylic acids is 1. The van der Waals surface area contributed by atoms with E-state index < -0.39 is 5.54 Å². The van der Waals surface area contributed by atoms with Crippen LogP contribution in [0.2, 0.25) is 0 Å². The van der Waals surface area contributed by atoms with Gasteiger partial charge in [0.1, 0.15) is 0 Å². The molecule has 0 spiro atoms. The van der Waals surface area contributed by atoms with Crippen LogP contribution in [-0.4, -0.2) is 21.5 Å². The quantitative estimate of drug-likeness (QED) is 0.688. The van der Waals surface area contributed by atoms with Crippen molar-refractivity contribution in [3.8, 4) is 5.75 Å². The van der Waals surface area contributed by atoms with Gasteiger partial charge in [-0.1, -0.05) is 6.92 Å². The number of nitrogens with zero attached hydrogens (tertiary/aromatic N) is 1. The lowest BCUT2D eigenvalue weighted by Gasteiger charge is -2.21. The van der Waals surface area contributed by atoms with Gasteiger partial charge in [-0.25, -0.2) is 4.98 Å². The summed E-state index contributed by atoms with van der Waals surface area (Å²) in [6, 6.07) is 3.02. The minimum Gasteiger partial charge on any atom is -0.504 e. The molecular weight excluding hydrogens is 194 g/mol. The molecular formula is C10H15N3O2. The maximum atomic E-state index is 11.6. The summed E-state index contributed by atoms with van der Waals surface area (Å²) in [5, 5.41) is 11.9. The lowest BCUT2D eigenvalue weighted by atomic mass is 10.00. The predicted molar refractivity (Wildman–Crippen MR) is 57.4 cm³/mol. The molecule has 0 aliphatic rings. The highest BCUT2D eigenvalue weighted by Crippen LogP contribution is 2.19. The fourth-order valence-corrected chi connectivity index (χ4v) is 0.904. The molecule has 0 saturated carbocycles. The Hall–Kier alpha value is -1.62. The summed E-state index contributed by atoms with van der Waals surface area (Å²) < 4.78 is 0. The molecule has 82 valence electrons. The second kappa shape index (κ2) is 4.27. The number of aromatic hydroxyl groups is 1. The maximum absolute atomic E-state index is 11.6. The Bertz CT molecular complexity index is 363. The number of pyridine rings is 1. The van der Waals surface area contributed by atoms with Gasteiger partial charge >= 0.3 is 0 Å². The highest BCUT2D eigenvalue weighted by Gasteiger charge is 2.26. The Kier molecular flexibility index (Phi) is 3.26. The largest absolute Gasteiger partial charge is 0.504 e. The van der Waals surface area contributed by atoms with E-state index in [0.717, 1.165) is 0 Å². The van der Waals surface area contributed by atoms with Crippen LogP contribution in [0.15, 0.2) is 18.3 Å². The van der Waals surface area contributed by atoms with Crippen LogP contribution in [0.5, 0.6) is 5.75 Å². The molecule has 0 aliphatic carbocycles. The Balaban J connectivity index is 2.80. The average molecular weight is 209 g/mol. The third-order valence-corrected chi connectivity index (χ3v) is 2.27. The maximum Gasteiger partial charge on any atom is 0.245 e. The molecule has 0 bridgehead atoms. The van der Waals surface area contributed by atoms with Gasteiger partial charge in [-0.2, -0.15) is 0 Å². The van der Waals surface area contributed by atoms with Crippen LogP contribution in [0.1, 0.15) is 20.3 Å². The highest BCUT2D eigenvalue weighted by atomic mass is 16.3. The molecule has 0 fully saturated rings. The van der Waals surface area contributed by atoms with E-state index in [1.807, 2.05) is 6.92 Å². The first-order valence-electron chi connectivity index (χ1n) is 4.71. The normalized spacial score (nSPS) is 14.3. The van der Waals surface area contributed by atoms with Crippen molar-refractivity contribution in [2.24, 2.45) is 5.73 Å². The van der Waals surface area contributed by atoms with Gasteiger partial charge in [0, 0.05) is 6.20 Å². The van der Waals surface area contributed by atoms with Crippen LogP contribution >= 0.6 is 0 Å². The third-order valence-electron chi connectivity index (χ3n) is 2.27. The molecule has 1 rings (SSSR count). The van der Waals surface area contributed by atoms with Crippen molar-refractivity contribution in [3.63, 3.8) is 0 Å².